The largest absolute Gasteiger partial charge is 0.341 e. The van der Waals surface area contributed by atoms with E-state index in [1.54, 1.807) is 0 Å². The van der Waals surface area contributed by atoms with E-state index in [-0.39, 0.29) is 11.0 Å². The van der Waals surface area contributed by atoms with Gasteiger partial charge in [-0.1, -0.05) is 24.3 Å². The molecule has 0 atom stereocenters. The Morgan fingerprint density at radius 1 is 1.29 bits per heavy atom. The summed E-state index contributed by atoms with van der Waals surface area (Å²) in [5.74, 6) is -1.43. The van der Waals surface area contributed by atoms with Gasteiger partial charge in [-0.3, -0.25) is 5.10 Å². The van der Waals surface area contributed by atoms with Crippen LogP contribution in [0.3, 0.4) is 0 Å². The summed E-state index contributed by atoms with van der Waals surface area (Å²) in [7, 11) is 0. The number of H-pyrrole nitrogens is 1. The highest BCUT2D eigenvalue weighted by molar-refractivity contribution is 5.91. The first-order chi connectivity index (χ1) is 10.1. The first-order valence-corrected chi connectivity index (χ1v) is 6.44. The van der Waals surface area contributed by atoms with E-state index in [0.717, 1.165) is 27.9 Å². The number of aryl methyl sites for hydroxylation is 1. The summed E-state index contributed by atoms with van der Waals surface area (Å²) in [6.45, 7) is 2.29. The molecule has 3 aromatic rings. The maximum Gasteiger partial charge on any atom is 0.341 e. The average Bonchev–Trinajstić information content (AvgIpc) is 2.41. The van der Waals surface area contributed by atoms with Crippen LogP contribution in [0.15, 0.2) is 36.4 Å². The molecule has 0 aliphatic rings. The summed E-state index contributed by atoms with van der Waals surface area (Å²) in [5.41, 5.74) is 2.36. The third kappa shape index (κ3) is 2.40. The Kier molecular flexibility index (Phi) is 3.21. The van der Waals surface area contributed by atoms with Gasteiger partial charge in [-0.25, -0.2) is 18.3 Å². The lowest BCUT2D eigenvalue weighted by Gasteiger charge is -2.16. The van der Waals surface area contributed by atoms with E-state index in [2.05, 4.69) is 10.4 Å². The number of nitrogens with one attached hydrogen (secondary N) is 2. The second-order valence-electron chi connectivity index (χ2n) is 4.81. The van der Waals surface area contributed by atoms with E-state index in [1.165, 1.54) is 0 Å². The first-order valence-electron chi connectivity index (χ1n) is 6.44. The summed E-state index contributed by atoms with van der Waals surface area (Å²) >= 11 is 0. The van der Waals surface area contributed by atoms with E-state index < -0.39 is 17.7 Å². The van der Waals surface area contributed by atoms with Crippen LogP contribution in [-0.4, -0.2) is 15.8 Å². The minimum Gasteiger partial charge on any atom is -0.332 e. The van der Waals surface area contributed by atoms with Crippen molar-refractivity contribution in [3.63, 3.8) is 0 Å². The third-order valence-corrected chi connectivity index (χ3v) is 3.39. The summed E-state index contributed by atoms with van der Waals surface area (Å²) < 4.78 is 27.6. The van der Waals surface area contributed by atoms with Crippen molar-refractivity contribution >= 4 is 17.1 Å². The highest BCUT2D eigenvalue weighted by Gasteiger charge is 2.17. The summed E-state index contributed by atoms with van der Waals surface area (Å²) in [5, 5.41) is 5.25. The molecule has 108 valence electrons. The Bertz CT molecular complexity index is 820. The lowest BCUT2D eigenvalue weighted by Crippen LogP contribution is -2.32. The van der Waals surface area contributed by atoms with Crippen molar-refractivity contribution in [1.29, 1.82) is 0 Å². The fourth-order valence-electron chi connectivity index (χ4n) is 2.18. The molecule has 1 heterocycles. The average molecular weight is 289 g/mol. The van der Waals surface area contributed by atoms with Crippen LogP contribution in [0.5, 0.6) is 0 Å². The van der Waals surface area contributed by atoms with Gasteiger partial charge in [0.25, 0.3) is 0 Å². The predicted octanol–water partition coefficient (Wildman–Crippen LogP) is 3.31. The Hall–Kier alpha value is -2.63. The van der Waals surface area contributed by atoms with Crippen LogP contribution < -0.4 is 5.32 Å². The lowest BCUT2D eigenvalue weighted by molar-refractivity contribution is 0.239. The molecule has 2 aromatic carbocycles. The summed E-state index contributed by atoms with van der Waals surface area (Å²) in [6, 6.07) is 9.08. The van der Waals surface area contributed by atoms with Gasteiger partial charge in [0, 0.05) is 18.7 Å². The molecule has 6 heteroatoms. The molecule has 0 saturated heterocycles. The van der Waals surface area contributed by atoms with Gasteiger partial charge in [0.1, 0.15) is 11.3 Å². The van der Waals surface area contributed by atoms with E-state index in [9.17, 15) is 13.6 Å². The number of nitrogens with zero attached hydrogens (tertiary/aromatic N) is 1. The summed E-state index contributed by atoms with van der Waals surface area (Å²) in [6.07, 6.45) is 0. The van der Waals surface area contributed by atoms with Crippen LogP contribution in [0.2, 0.25) is 0 Å². The molecule has 0 fully saturated rings. The van der Waals surface area contributed by atoms with Crippen LogP contribution in [0.4, 0.5) is 13.6 Å². The maximum atomic E-state index is 13.4. The molecule has 2 N–H and O–H groups in total. The van der Waals surface area contributed by atoms with Crippen molar-refractivity contribution in [2.24, 2.45) is 0 Å². The summed E-state index contributed by atoms with van der Waals surface area (Å²) in [4.78, 5) is 12.0. The first kappa shape index (κ1) is 13.4. The fraction of sp³-hybridized carbons (Fsp3) is 0.133. The van der Waals surface area contributed by atoms with Crippen molar-refractivity contribution in [2.75, 3.05) is 0 Å². The molecule has 1 aromatic heterocycles. The second-order valence-corrected chi connectivity index (χ2v) is 4.81. The second kappa shape index (κ2) is 5.05. The van der Waals surface area contributed by atoms with Crippen molar-refractivity contribution < 1.29 is 13.6 Å². The van der Waals surface area contributed by atoms with Gasteiger partial charge in [0.15, 0.2) is 5.82 Å². The molecular weight excluding hydrogens is 276 g/mol. The lowest BCUT2D eigenvalue weighted by atomic mass is 10.1. The van der Waals surface area contributed by atoms with Crippen molar-refractivity contribution in [3.8, 4) is 0 Å². The molecule has 0 aliphatic heterocycles. The number of aromatic amines is 1. The molecule has 0 bridgehead atoms. The minimum atomic E-state index is -0.718. The molecule has 21 heavy (non-hydrogen) atoms. The zero-order valence-corrected chi connectivity index (χ0v) is 11.3. The number of amides is 1. The Labute approximate surface area is 119 Å². The van der Waals surface area contributed by atoms with Gasteiger partial charge in [0.2, 0.25) is 0 Å². The van der Waals surface area contributed by atoms with E-state index in [1.807, 2.05) is 31.2 Å². The van der Waals surface area contributed by atoms with Gasteiger partial charge in [0.05, 0.1) is 5.52 Å². The standard InChI is InChI=1S/C15H13F2N3O/c1-9-4-2-3-5-10(9)8-18-15(21)20-13-7-11(16)6-12(17)14(13)19-20/h2-7,19H,8H2,1H3,(H,18,21). The zero-order chi connectivity index (χ0) is 15.0. The van der Waals surface area contributed by atoms with Crippen molar-refractivity contribution in [2.45, 2.75) is 13.5 Å². The maximum absolute atomic E-state index is 13.4. The van der Waals surface area contributed by atoms with Gasteiger partial charge in [-0.2, -0.15) is 0 Å². The number of fused-ring (bicyclic) bond motifs is 1. The molecule has 3 rings (SSSR count). The van der Waals surface area contributed by atoms with Gasteiger partial charge in [-0.15, -0.1) is 0 Å². The van der Waals surface area contributed by atoms with E-state index in [4.69, 9.17) is 0 Å². The Morgan fingerprint density at radius 3 is 2.81 bits per heavy atom. The van der Waals surface area contributed by atoms with E-state index >= 15 is 0 Å². The molecule has 0 aliphatic carbocycles. The smallest absolute Gasteiger partial charge is 0.332 e. The Morgan fingerprint density at radius 2 is 2.05 bits per heavy atom. The zero-order valence-electron chi connectivity index (χ0n) is 11.3. The third-order valence-electron chi connectivity index (χ3n) is 3.39. The Balaban J connectivity index is 1.78. The minimum absolute atomic E-state index is 0.127. The normalized spacial score (nSPS) is 11.0. The molecule has 0 spiro atoms. The number of rotatable bonds is 2. The molecule has 1 amide bonds. The van der Waals surface area contributed by atoms with Crippen molar-refractivity contribution in [3.05, 3.63) is 59.2 Å². The van der Waals surface area contributed by atoms with Crippen LogP contribution in [0.1, 0.15) is 11.1 Å². The quantitative estimate of drug-likeness (QED) is 0.747. The molecule has 0 radical (unpaired) electrons. The highest BCUT2D eigenvalue weighted by atomic mass is 19.1. The fourth-order valence-corrected chi connectivity index (χ4v) is 2.18. The van der Waals surface area contributed by atoms with Crippen LogP contribution in [-0.2, 0) is 6.54 Å². The topological polar surface area (TPSA) is 49.8 Å². The van der Waals surface area contributed by atoms with Crippen molar-refractivity contribution in [1.82, 2.24) is 15.1 Å². The number of halogens is 2. The van der Waals surface area contributed by atoms with Crippen LogP contribution >= 0.6 is 0 Å². The SMILES string of the molecule is Cc1ccccc1CNC(=O)n1[nH]c2c(F)cc(F)cc21. The predicted molar refractivity (Wildman–Crippen MR) is 75.0 cm³/mol. The van der Waals surface area contributed by atoms with Gasteiger partial charge in [-0.05, 0) is 18.1 Å². The number of carbonyl (C=O) groups excluding carboxylic acids is 1. The van der Waals surface area contributed by atoms with Gasteiger partial charge >= 0.3 is 6.03 Å². The monoisotopic (exact) mass is 289 g/mol. The molecule has 4 nitrogen and oxygen atoms in total. The molecule has 0 unspecified atom stereocenters. The number of hydrogen-bond acceptors (Lipinski definition) is 1. The molecule has 0 saturated carbocycles. The van der Waals surface area contributed by atoms with Gasteiger partial charge < -0.3 is 5.32 Å². The van der Waals surface area contributed by atoms with E-state index in [0.29, 0.717) is 6.54 Å². The van der Waals surface area contributed by atoms with Crippen LogP contribution in [0, 0.1) is 18.6 Å². The number of carbonyl (C=O) groups is 1. The number of benzene rings is 2. The highest BCUT2D eigenvalue weighted by Crippen LogP contribution is 2.20. The number of hydrogen-bond donors (Lipinski definition) is 2. The number of aromatic nitrogens is 2. The van der Waals surface area contributed by atoms with Crippen LogP contribution in [0.25, 0.3) is 11.0 Å². The molecular formula is C15H13F2N3O.